The number of carbonyl (C=O) groups excluding carboxylic acids is 1. The second-order valence-electron chi connectivity index (χ2n) is 3.80. The number of rotatable bonds is 4. The van der Waals surface area contributed by atoms with E-state index in [0.717, 1.165) is 12.7 Å². The van der Waals surface area contributed by atoms with Crippen LogP contribution in [-0.4, -0.2) is 6.29 Å². The summed E-state index contributed by atoms with van der Waals surface area (Å²) in [7, 11) is 0. The van der Waals surface area contributed by atoms with Crippen LogP contribution in [0.4, 0.5) is 0 Å². The fourth-order valence-electron chi connectivity index (χ4n) is 1.03. The molecular formula is C14H22O. The Bertz CT molecular complexity index is 239. The Morgan fingerprint density at radius 1 is 1.13 bits per heavy atom. The molecule has 1 aromatic carbocycles. The zero-order valence-corrected chi connectivity index (χ0v) is 10.1. The van der Waals surface area contributed by atoms with Crippen molar-refractivity contribution in [3.05, 3.63) is 35.9 Å². The van der Waals surface area contributed by atoms with Gasteiger partial charge in [0, 0.05) is 5.92 Å². The van der Waals surface area contributed by atoms with Gasteiger partial charge in [-0.1, -0.05) is 63.9 Å². The molecule has 1 atom stereocenters. The molecule has 0 saturated carbocycles. The second kappa shape index (κ2) is 9.45. The molecule has 1 unspecified atom stereocenters. The van der Waals surface area contributed by atoms with Crippen molar-refractivity contribution in [3.8, 4) is 0 Å². The molecule has 0 aliphatic carbocycles. The van der Waals surface area contributed by atoms with Gasteiger partial charge in [-0.3, -0.25) is 0 Å². The molecule has 1 aromatic rings. The molecule has 0 bridgehead atoms. The lowest BCUT2D eigenvalue weighted by atomic mass is 10.0. The van der Waals surface area contributed by atoms with Gasteiger partial charge >= 0.3 is 0 Å². The minimum atomic E-state index is 0.136. The van der Waals surface area contributed by atoms with Crippen molar-refractivity contribution in [2.45, 2.75) is 40.0 Å². The van der Waals surface area contributed by atoms with E-state index in [2.05, 4.69) is 13.8 Å². The van der Waals surface area contributed by atoms with Crippen LogP contribution in [0.5, 0.6) is 0 Å². The van der Waals surface area contributed by atoms with Crippen LogP contribution in [0.25, 0.3) is 0 Å². The predicted octanol–water partition coefficient (Wildman–Crippen LogP) is 3.87. The SMILES string of the molecule is CC(C=O)Cc1ccccc1.CCCC. The van der Waals surface area contributed by atoms with Gasteiger partial charge in [0.15, 0.2) is 0 Å². The average Bonchev–Trinajstić information content (AvgIpc) is 2.30. The largest absolute Gasteiger partial charge is 0.303 e. The van der Waals surface area contributed by atoms with Crippen LogP contribution in [0.3, 0.4) is 0 Å². The van der Waals surface area contributed by atoms with Crippen molar-refractivity contribution in [1.82, 2.24) is 0 Å². The lowest BCUT2D eigenvalue weighted by Gasteiger charge is -2.01. The molecular weight excluding hydrogens is 184 g/mol. The first kappa shape index (κ1) is 13.9. The quantitative estimate of drug-likeness (QED) is 0.683. The molecule has 0 saturated heterocycles. The summed E-state index contributed by atoms with van der Waals surface area (Å²) in [5.74, 6) is 0.136. The second-order valence-corrected chi connectivity index (χ2v) is 3.80. The number of aldehydes is 1. The highest BCUT2D eigenvalue weighted by molar-refractivity contribution is 5.53. The minimum Gasteiger partial charge on any atom is -0.303 e. The summed E-state index contributed by atoms with van der Waals surface area (Å²) in [6, 6.07) is 10.1. The molecule has 0 N–H and O–H groups in total. The van der Waals surface area contributed by atoms with E-state index in [1.165, 1.54) is 18.4 Å². The molecule has 0 fully saturated rings. The molecule has 0 aromatic heterocycles. The molecule has 0 heterocycles. The van der Waals surface area contributed by atoms with Gasteiger partial charge in [0.1, 0.15) is 6.29 Å². The molecule has 0 amide bonds. The number of unbranched alkanes of at least 4 members (excludes halogenated alkanes) is 1. The van der Waals surface area contributed by atoms with E-state index in [1.54, 1.807) is 0 Å². The Labute approximate surface area is 93.5 Å². The fraction of sp³-hybridized carbons (Fsp3) is 0.500. The Hall–Kier alpha value is -1.11. The summed E-state index contributed by atoms with van der Waals surface area (Å²) in [6.45, 7) is 6.29. The summed E-state index contributed by atoms with van der Waals surface area (Å²) >= 11 is 0. The first-order valence-corrected chi connectivity index (χ1v) is 5.73. The van der Waals surface area contributed by atoms with Gasteiger partial charge in [-0.2, -0.15) is 0 Å². The Morgan fingerprint density at radius 2 is 1.67 bits per heavy atom. The molecule has 0 radical (unpaired) electrons. The van der Waals surface area contributed by atoms with Crippen LogP contribution in [0.2, 0.25) is 0 Å². The normalized spacial score (nSPS) is 11.1. The third kappa shape index (κ3) is 7.92. The topological polar surface area (TPSA) is 17.1 Å². The Kier molecular flexibility index (Phi) is 8.75. The fourth-order valence-corrected chi connectivity index (χ4v) is 1.03. The lowest BCUT2D eigenvalue weighted by Crippen LogP contribution is -1.99. The van der Waals surface area contributed by atoms with Gasteiger partial charge in [0.2, 0.25) is 0 Å². The van der Waals surface area contributed by atoms with Gasteiger partial charge in [0.05, 0.1) is 0 Å². The summed E-state index contributed by atoms with van der Waals surface area (Å²) < 4.78 is 0. The number of benzene rings is 1. The number of carbonyl (C=O) groups is 1. The Morgan fingerprint density at radius 3 is 2.07 bits per heavy atom. The molecule has 0 spiro atoms. The van der Waals surface area contributed by atoms with Crippen molar-refractivity contribution in [1.29, 1.82) is 0 Å². The van der Waals surface area contributed by atoms with E-state index in [9.17, 15) is 4.79 Å². The van der Waals surface area contributed by atoms with Crippen LogP contribution in [0.15, 0.2) is 30.3 Å². The predicted molar refractivity (Wildman–Crippen MR) is 66.0 cm³/mol. The monoisotopic (exact) mass is 206 g/mol. The molecule has 15 heavy (non-hydrogen) atoms. The first-order valence-electron chi connectivity index (χ1n) is 5.73. The van der Waals surface area contributed by atoms with Crippen molar-refractivity contribution < 1.29 is 4.79 Å². The lowest BCUT2D eigenvalue weighted by molar-refractivity contribution is -0.110. The zero-order chi connectivity index (χ0) is 11.5. The van der Waals surface area contributed by atoms with E-state index < -0.39 is 0 Å². The standard InChI is InChI=1S/C10H12O.C4H10/c1-9(8-11)7-10-5-3-2-4-6-10;1-3-4-2/h2-6,8-9H,7H2,1H3;3-4H2,1-2H3. The van der Waals surface area contributed by atoms with Crippen LogP contribution >= 0.6 is 0 Å². The third-order valence-electron chi connectivity index (χ3n) is 2.13. The first-order chi connectivity index (χ1) is 7.24. The highest BCUT2D eigenvalue weighted by atomic mass is 16.1. The van der Waals surface area contributed by atoms with E-state index >= 15 is 0 Å². The smallest absolute Gasteiger partial charge is 0.123 e. The van der Waals surface area contributed by atoms with Crippen molar-refractivity contribution in [2.24, 2.45) is 5.92 Å². The van der Waals surface area contributed by atoms with Gasteiger partial charge in [-0.15, -0.1) is 0 Å². The summed E-state index contributed by atoms with van der Waals surface area (Å²) in [4.78, 5) is 10.3. The summed E-state index contributed by atoms with van der Waals surface area (Å²) in [6.07, 6.45) is 4.48. The van der Waals surface area contributed by atoms with E-state index in [1.807, 2.05) is 37.3 Å². The minimum absolute atomic E-state index is 0.136. The highest BCUT2D eigenvalue weighted by Gasteiger charge is 1.99. The number of hydrogen-bond acceptors (Lipinski definition) is 1. The molecule has 1 heteroatoms. The Balaban J connectivity index is 0.000000423. The van der Waals surface area contributed by atoms with Crippen molar-refractivity contribution >= 4 is 6.29 Å². The van der Waals surface area contributed by atoms with Gasteiger partial charge in [-0.25, -0.2) is 0 Å². The summed E-state index contributed by atoms with van der Waals surface area (Å²) in [5.41, 5.74) is 1.23. The van der Waals surface area contributed by atoms with Crippen LogP contribution < -0.4 is 0 Å². The van der Waals surface area contributed by atoms with Gasteiger partial charge in [0.25, 0.3) is 0 Å². The van der Waals surface area contributed by atoms with Gasteiger partial charge < -0.3 is 4.79 Å². The van der Waals surface area contributed by atoms with Gasteiger partial charge in [-0.05, 0) is 12.0 Å². The molecule has 1 rings (SSSR count). The number of hydrogen-bond donors (Lipinski definition) is 0. The van der Waals surface area contributed by atoms with E-state index in [0.29, 0.717) is 0 Å². The summed E-state index contributed by atoms with van der Waals surface area (Å²) in [5, 5.41) is 0. The molecule has 1 nitrogen and oxygen atoms in total. The van der Waals surface area contributed by atoms with E-state index in [4.69, 9.17) is 0 Å². The molecule has 0 aliphatic heterocycles. The molecule has 0 aliphatic rings. The van der Waals surface area contributed by atoms with E-state index in [-0.39, 0.29) is 5.92 Å². The highest BCUT2D eigenvalue weighted by Crippen LogP contribution is 2.05. The van der Waals surface area contributed by atoms with Crippen LogP contribution in [-0.2, 0) is 11.2 Å². The third-order valence-corrected chi connectivity index (χ3v) is 2.13. The average molecular weight is 206 g/mol. The van der Waals surface area contributed by atoms with Crippen LogP contribution in [0.1, 0.15) is 39.2 Å². The van der Waals surface area contributed by atoms with Crippen LogP contribution in [0, 0.1) is 5.92 Å². The zero-order valence-electron chi connectivity index (χ0n) is 10.1. The maximum atomic E-state index is 10.3. The van der Waals surface area contributed by atoms with Crippen molar-refractivity contribution in [3.63, 3.8) is 0 Å². The maximum Gasteiger partial charge on any atom is 0.123 e. The maximum absolute atomic E-state index is 10.3. The molecule has 84 valence electrons. The van der Waals surface area contributed by atoms with Crippen molar-refractivity contribution in [2.75, 3.05) is 0 Å².